The largest absolute Gasteiger partial charge is 0.398 e. The zero-order chi connectivity index (χ0) is 15.1. The molecule has 0 atom stereocenters. The molecule has 0 saturated carbocycles. The minimum absolute atomic E-state index is 0.0613. The van der Waals surface area contributed by atoms with Gasteiger partial charge in [-0.05, 0) is 37.5 Å². The Morgan fingerprint density at radius 3 is 2.76 bits per heavy atom. The first-order chi connectivity index (χ1) is 9.99. The van der Waals surface area contributed by atoms with E-state index >= 15 is 0 Å². The Morgan fingerprint density at radius 1 is 1.33 bits per heavy atom. The lowest BCUT2D eigenvalue weighted by Crippen LogP contribution is -2.36. The minimum atomic E-state index is 0.0613. The molecule has 0 fully saturated rings. The van der Waals surface area contributed by atoms with Gasteiger partial charge in [0, 0.05) is 31.5 Å². The molecule has 0 radical (unpaired) electrons. The van der Waals surface area contributed by atoms with Crippen LogP contribution in [0.25, 0.3) is 0 Å². The monoisotopic (exact) mass is 284 g/mol. The van der Waals surface area contributed by atoms with Crippen LogP contribution in [0.1, 0.15) is 32.9 Å². The number of aromatic nitrogens is 2. The summed E-state index contributed by atoms with van der Waals surface area (Å²) in [5, 5.41) is 4.33. The molecule has 0 saturated heterocycles. The number of nitrogens with zero attached hydrogens (tertiary/aromatic N) is 3. The van der Waals surface area contributed by atoms with Gasteiger partial charge in [0.05, 0.1) is 11.3 Å². The van der Waals surface area contributed by atoms with Gasteiger partial charge in [0.2, 0.25) is 0 Å². The molecule has 5 nitrogen and oxygen atoms in total. The quantitative estimate of drug-likeness (QED) is 0.812. The smallest absolute Gasteiger partial charge is 0.257 e. The molecule has 21 heavy (non-hydrogen) atoms. The number of benzene rings is 1. The second-order valence-corrected chi connectivity index (χ2v) is 5.63. The van der Waals surface area contributed by atoms with Crippen LogP contribution in [0.4, 0.5) is 5.69 Å². The van der Waals surface area contributed by atoms with Crippen LogP contribution in [0.15, 0.2) is 18.2 Å². The third-order valence-electron chi connectivity index (χ3n) is 4.31. The first-order valence-corrected chi connectivity index (χ1v) is 7.14. The molecule has 0 spiro atoms. The van der Waals surface area contributed by atoms with E-state index in [9.17, 15) is 4.79 Å². The van der Waals surface area contributed by atoms with Crippen molar-refractivity contribution < 1.29 is 4.79 Å². The fraction of sp³-hybridized carbons (Fsp3) is 0.375. The van der Waals surface area contributed by atoms with Crippen molar-refractivity contribution in [2.24, 2.45) is 7.05 Å². The van der Waals surface area contributed by atoms with Gasteiger partial charge in [-0.3, -0.25) is 9.48 Å². The first kappa shape index (κ1) is 13.7. The number of nitrogen functional groups attached to an aromatic ring is 1. The number of hydrogen-bond donors (Lipinski definition) is 1. The average molecular weight is 284 g/mol. The molecule has 1 aliphatic rings. The van der Waals surface area contributed by atoms with Gasteiger partial charge in [-0.1, -0.05) is 12.1 Å². The number of carbonyl (C=O) groups is 1. The zero-order valence-electron chi connectivity index (χ0n) is 12.7. The lowest BCUT2D eigenvalue weighted by atomic mass is 9.97. The summed E-state index contributed by atoms with van der Waals surface area (Å²) in [5.41, 5.74) is 11.6. The van der Waals surface area contributed by atoms with Gasteiger partial charge in [0.15, 0.2) is 0 Å². The highest BCUT2D eigenvalue weighted by molar-refractivity contribution is 5.96. The fourth-order valence-electron chi connectivity index (χ4n) is 3.05. The maximum atomic E-state index is 12.8. The molecule has 0 bridgehead atoms. The van der Waals surface area contributed by atoms with Gasteiger partial charge in [0.25, 0.3) is 5.91 Å². The van der Waals surface area contributed by atoms with Gasteiger partial charge in [-0.2, -0.15) is 5.10 Å². The number of anilines is 1. The van der Waals surface area contributed by atoms with Crippen LogP contribution in [0.5, 0.6) is 0 Å². The zero-order valence-corrected chi connectivity index (χ0v) is 12.7. The van der Waals surface area contributed by atoms with Crippen LogP contribution in [0, 0.1) is 13.8 Å². The van der Waals surface area contributed by atoms with Crippen molar-refractivity contribution >= 4 is 11.6 Å². The summed E-state index contributed by atoms with van der Waals surface area (Å²) in [6.45, 7) is 5.14. The molecule has 2 N–H and O–H groups in total. The Morgan fingerprint density at radius 2 is 2.10 bits per heavy atom. The summed E-state index contributed by atoms with van der Waals surface area (Å²) >= 11 is 0. The molecule has 110 valence electrons. The van der Waals surface area contributed by atoms with Crippen molar-refractivity contribution in [1.29, 1.82) is 0 Å². The van der Waals surface area contributed by atoms with Crippen molar-refractivity contribution in [2.75, 3.05) is 12.3 Å². The van der Waals surface area contributed by atoms with Crippen molar-refractivity contribution in [2.45, 2.75) is 26.8 Å². The van der Waals surface area contributed by atoms with Crippen molar-refractivity contribution in [3.63, 3.8) is 0 Å². The van der Waals surface area contributed by atoms with Crippen LogP contribution in [0.2, 0.25) is 0 Å². The van der Waals surface area contributed by atoms with Crippen LogP contribution >= 0.6 is 0 Å². The summed E-state index contributed by atoms with van der Waals surface area (Å²) in [6, 6.07) is 5.92. The van der Waals surface area contributed by atoms with Crippen molar-refractivity contribution in [1.82, 2.24) is 14.7 Å². The maximum absolute atomic E-state index is 12.8. The number of amides is 1. The second kappa shape index (κ2) is 4.91. The van der Waals surface area contributed by atoms with Gasteiger partial charge >= 0.3 is 0 Å². The second-order valence-electron chi connectivity index (χ2n) is 5.63. The highest BCUT2D eigenvalue weighted by Gasteiger charge is 2.26. The van der Waals surface area contributed by atoms with Gasteiger partial charge in [-0.15, -0.1) is 0 Å². The molecule has 0 aliphatic carbocycles. The molecule has 3 rings (SSSR count). The van der Waals surface area contributed by atoms with E-state index in [0.717, 1.165) is 34.6 Å². The SMILES string of the molecule is Cc1nn(C)c(C)c1C(=O)N1CCc2c(N)cccc2C1. The topological polar surface area (TPSA) is 64.2 Å². The van der Waals surface area contributed by atoms with Gasteiger partial charge in [0.1, 0.15) is 0 Å². The Bertz CT molecular complexity index is 717. The van der Waals surface area contributed by atoms with Crippen LogP contribution in [-0.2, 0) is 20.0 Å². The number of rotatable bonds is 1. The third kappa shape index (κ3) is 2.18. The number of carbonyl (C=O) groups excluding carboxylic acids is 1. The molecular weight excluding hydrogens is 264 g/mol. The Labute approximate surface area is 124 Å². The summed E-state index contributed by atoms with van der Waals surface area (Å²) in [6.07, 6.45) is 0.812. The van der Waals surface area contributed by atoms with Crippen LogP contribution in [0.3, 0.4) is 0 Å². The highest BCUT2D eigenvalue weighted by atomic mass is 16.2. The van der Waals surface area contributed by atoms with Gasteiger partial charge < -0.3 is 10.6 Å². The fourth-order valence-corrected chi connectivity index (χ4v) is 3.05. The van der Waals surface area contributed by atoms with E-state index in [0.29, 0.717) is 13.1 Å². The predicted octanol–water partition coefficient (Wildman–Crippen LogP) is 1.82. The van der Waals surface area contributed by atoms with E-state index in [1.54, 1.807) is 4.68 Å². The average Bonchev–Trinajstić information content (AvgIpc) is 2.71. The third-order valence-corrected chi connectivity index (χ3v) is 4.31. The van der Waals surface area contributed by atoms with E-state index in [4.69, 9.17) is 5.73 Å². The highest BCUT2D eigenvalue weighted by Crippen LogP contribution is 2.26. The minimum Gasteiger partial charge on any atom is -0.398 e. The van der Waals surface area contributed by atoms with E-state index in [2.05, 4.69) is 5.10 Å². The van der Waals surface area contributed by atoms with Gasteiger partial charge in [-0.25, -0.2) is 0 Å². The standard InChI is InChI=1S/C16H20N4O/c1-10-15(11(2)19(3)18-10)16(21)20-8-7-13-12(9-20)5-4-6-14(13)17/h4-6H,7-9,17H2,1-3H3. The Kier molecular flexibility index (Phi) is 3.20. The Hall–Kier alpha value is -2.30. The molecule has 5 heteroatoms. The summed E-state index contributed by atoms with van der Waals surface area (Å²) in [5.74, 6) is 0.0613. The molecule has 1 amide bonds. The predicted molar refractivity (Wildman–Crippen MR) is 82.0 cm³/mol. The summed E-state index contributed by atoms with van der Waals surface area (Å²) < 4.78 is 1.76. The van der Waals surface area contributed by atoms with Crippen LogP contribution < -0.4 is 5.73 Å². The number of fused-ring (bicyclic) bond motifs is 1. The number of nitrogens with two attached hydrogens (primary N) is 1. The van der Waals surface area contributed by atoms with Crippen LogP contribution in [-0.4, -0.2) is 27.1 Å². The first-order valence-electron chi connectivity index (χ1n) is 7.14. The number of hydrogen-bond acceptors (Lipinski definition) is 3. The number of aryl methyl sites for hydroxylation is 2. The summed E-state index contributed by atoms with van der Waals surface area (Å²) in [4.78, 5) is 14.7. The molecule has 2 aromatic rings. The molecule has 1 aliphatic heterocycles. The molecular formula is C16H20N4O. The molecule has 2 heterocycles. The van der Waals surface area contributed by atoms with E-state index in [1.165, 1.54) is 5.56 Å². The van der Waals surface area contributed by atoms with E-state index in [-0.39, 0.29) is 5.91 Å². The maximum Gasteiger partial charge on any atom is 0.257 e. The Balaban J connectivity index is 1.91. The summed E-state index contributed by atoms with van der Waals surface area (Å²) in [7, 11) is 1.87. The van der Waals surface area contributed by atoms with E-state index in [1.807, 2.05) is 44.0 Å². The molecule has 0 unspecified atom stereocenters. The lowest BCUT2D eigenvalue weighted by Gasteiger charge is -2.29. The van der Waals surface area contributed by atoms with Crippen molar-refractivity contribution in [3.05, 3.63) is 46.3 Å². The normalized spacial score (nSPS) is 14.1. The van der Waals surface area contributed by atoms with E-state index < -0.39 is 0 Å². The molecule has 1 aromatic heterocycles. The van der Waals surface area contributed by atoms with Crippen molar-refractivity contribution in [3.8, 4) is 0 Å². The lowest BCUT2D eigenvalue weighted by molar-refractivity contribution is 0.0733. The molecule has 1 aromatic carbocycles.